The number of fused-ring (bicyclic) bond motifs is 1. The van der Waals surface area contributed by atoms with Gasteiger partial charge >= 0.3 is 0 Å². The van der Waals surface area contributed by atoms with E-state index in [9.17, 15) is 0 Å². The smallest absolute Gasteiger partial charge is 0.216 e. The lowest BCUT2D eigenvalue weighted by Gasteiger charge is -2.10. The van der Waals surface area contributed by atoms with Gasteiger partial charge in [-0.15, -0.1) is 0 Å². The summed E-state index contributed by atoms with van der Waals surface area (Å²) in [4.78, 5) is 4.45. The summed E-state index contributed by atoms with van der Waals surface area (Å²) in [5.41, 5.74) is 4.02. The summed E-state index contributed by atoms with van der Waals surface area (Å²) in [5.74, 6) is 0.785. The van der Waals surface area contributed by atoms with Crippen LogP contribution in [0.5, 0.6) is 5.88 Å². The quantitative estimate of drug-likeness (QED) is 0.799. The van der Waals surface area contributed by atoms with Crippen LogP contribution in [0.3, 0.4) is 0 Å². The molecule has 108 valence electrons. The van der Waals surface area contributed by atoms with Crippen molar-refractivity contribution in [3.05, 3.63) is 47.8 Å². The van der Waals surface area contributed by atoms with Gasteiger partial charge in [0.05, 0.1) is 29.6 Å². The molecular weight excluding hydrogens is 264 g/mol. The summed E-state index contributed by atoms with van der Waals surface area (Å²) < 4.78 is 7.18. The van der Waals surface area contributed by atoms with Crippen molar-refractivity contribution >= 4 is 16.6 Å². The fourth-order valence-corrected chi connectivity index (χ4v) is 2.57. The maximum atomic E-state index is 5.42. The predicted molar refractivity (Wildman–Crippen MR) is 83.6 cm³/mol. The van der Waals surface area contributed by atoms with Gasteiger partial charge in [0.1, 0.15) is 0 Å². The minimum absolute atomic E-state index is 0.651. The zero-order valence-electron chi connectivity index (χ0n) is 12.4. The van der Waals surface area contributed by atoms with Gasteiger partial charge in [-0.05, 0) is 19.1 Å². The molecule has 0 radical (unpaired) electrons. The second-order valence-corrected chi connectivity index (χ2v) is 4.93. The predicted octanol–water partition coefficient (Wildman–Crippen LogP) is 2.90. The van der Waals surface area contributed by atoms with Gasteiger partial charge in [0.2, 0.25) is 5.88 Å². The largest absolute Gasteiger partial charge is 0.481 e. The Bertz CT molecular complexity index is 774. The number of methoxy groups -OCH3 is 1. The molecular formula is C16H18N4O. The SMILES string of the molecule is COc1c(CNc2cccc3cccnc23)c(C)nn1C. The lowest BCUT2D eigenvalue weighted by atomic mass is 10.2. The van der Waals surface area contributed by atoms with Crippen LogP contribution >= 0.6 is 0 Å². The van der Waals surface area contributed by atoms with Gasteiger partial charge in [-0.3, -0.25) is 4.98 Å². The molecule has 1 aromatic carbocycles. The number of rotatable bonds is 4. The van der Waals surface area contributed by atoms with Crippen molar-refractivity contribution in [3.8, 4) is 5.88 Å². The minimum atomic E-state index is 0.651. The van der Waals surface area contributed by atoms with Crippen LogP contribution < -0.4 is 10.1 Å². The topological polar surface area (TPSA) is 52.0 Å². The highest BCUT2D eigenvalue weighted by molar-refractivity contribution is 5.90. The van der Waals surface area contributed by atoms with Crippen LogP contribution in [0.15, 0.2) is 36.5 Å². The molecule has 0 unspecified atom stereocenters. The Labute approximate surface area is 123 Å². The van der Waals surface area contributed by atoms with Crippen molar-refractivity contribution in [2.75, 3.05) is 12.4 Å². The van der Waals surface area contributed by atoms with Crippen LogP contribution in [-0.2, 0) is 13.6 Å². The van der Waals surface area contributed by atoms with E-state index in [2.05, 4.69) is 27.5 Å². The second-order valence-electron chi connectivity index (χ2n) is 4.93. The third kappa shape index (κ3) is 2.42. The first-order valence-electron chi connectivity index (χ1n) is 6.85. The van der Waals surface area contributed by atoms with Gasteiger partial charge in [0.25, 0.3) is 0 Å². The normalized spacial score (nSPS) is 10.8. The van der Waals surface area contributed by atoms with E-state index in [4.69, 9.17) is 4.74 Å². The van der Waals surface area contributed by atoms with E-state index in [1.807, 2.05) is 38.4 Å². The Kier molecular flexibility index (Phi) is 3.48. The first-order valence-corrected chi connectivity index (χ1v) is 6.85. The van der Waals surface area contributed by atoms with Gasteiger partial charge < -0.3 is 10.1 Å². The summed E-state index contributed by atoms with van der Waals surface area (Å²) in [6.07, 6.45) is 1.81. The monoisotopic (exact) mass is 282 g/mol. The number of benzene rings is 1. The summed E-state index contributed by atoms with van der Waals surface area (Å²) in [7, 11) is 3.55. The highest BCUT2D eigenvalue weighted by Gasteiger charge is 2.13. The van der Waals surface area contributed by atoms with E-state index in [1.165, 1.54) is 0 Å². The molecule has 0 saturated carbocycles. The molecule has 2 heterocycles. The molecule has 0 amide bonds. The van der Waals surface area contributed by atoms with E-state index >= 15 is 0 Å². The van der Waals surface area contributed by atoms with Crippen LogP contribution in [0.25, 0.3) is 10.9 Å². The molecule has 0 aliphatic rings. The molecule has 5 heteroatoms. The van der Waals surface area contributed by atoms with E-state index in [0.717, 1.165) is 33.7 Å². The first-order chi connectivity index (χ1) is 10.2. The van der Waals surface area contributed by atoms with Crippen LogP contribution in [0.4, 0.5) is 5.69 Å². The lowest BCUT2D eigenvalue weighted by molar-refractivity contribution is 0.370. The highest BCUT2D eigenvalue weighted by atomic mass is 16.5. The molecule has 1 N–H and O–H groups in total. The molecule has 0 aliphatic carbocycles. The van der Waals surface area contributed by atoms with E-state index in [-0.39, 0.29) is 0 Å². The minimum Gasteiger partial charge on any atom is -0.481 e. The Morgan fingerprint density at radius 1 is 1.24 bits per heavy atom. The van der Waals surface area contributed by atoms with Crippen LogP contribution in [0, 0.1) is 6.92 Å². The fraction of sp³-hybridized carbons (Fsp3) is 0.250. The maximum absolute atomic E-state index is 5.42. The average molecular weight is 282 g/mol. The Balaban J connectivity index is 1.91. The third-order valence-corrected chi connectivity index (χ3v) is 3.57. The number of anilines is 1. The van der Waals surface area contributed by atoms with Gasteiger partial charge in [0.15, 0.2) is 0 Å². The summed E-state index contributed by atoms with van der Waals surface area (Å²) >= 11 is 0. The summed E-state index contributed by atoms with van der Waals surface area (Å²) in [5, 5.41) is 8.95. The molecule has 3 rings (SSSR count). The number of ether oxygens (including phenoxy) is 1. The van der Waals surface area contributed by atoms with Crippen molar-refractivity contribution in [3.63, 3.8) is 0 Å². The lowest BCUT2D eigenvalue weighted by Crippen LogP contribution is -2.03. The van der Waals surface area contributed by atoms with E-state index in [1.54, 1.807) is 11.8 Å². The molecule has 0 aliphatic heterocycles. The standard InChI is InChI=1S/C16H18N4O/c1-11-13(16(21-3)20(2)19-11)10-18-14-8-4-6-12-7-5-9-17-15(12)14/h4-9,18H,10H2,1-3H3. The molecule has 5 nitrogen and oxygen atoms in total. The van der Waals surface area contributed by atoms with Crippen LogP contribution in [-0.4, -0.2) is 21.9 Å². The number of pyridine rings is 1. The van der Waals surface area contributed by atoms with Crippen LogP contribution in [0.1, 0.15) is 11.3 Å². The average Bonchev–Trinajstić information content (AvgIpc) is 2.78. The number of hydrogen-bond acceptors (Lipinski definition) is 4. The van der Waals surface area contributed by atoms with Gasteiger partial charge in [-0.1, -0.05) is 18.2 Å². The number of nitrogens with one attached hydrogen (secondary N) is 1. The zero-order valence-corrected chi connectivity index (χ0v) is 12.4. The molecule has 0 atom stereocenters. The van der Waals surface area contributed by atoms with E-state index < -0.39 is 0 Å². The number of hydrogen-bond donors (Lipinski definition) is 1. The summed E-state index contributed by atoms with van der Waals surface area (Å²) in [6, 6.07) is 10.1. The molecule has 0 spiro atoms. The second kappa shape index (κ2) is 5.44. The molecule has 0 bridgehead atoms. The Morgan fingerprint density at radius 3 is 2.86 bits per heavy atom. The van der Waals surface area contributed by atoms with Gasteiger partial charge in [0, 0.05) is 25.2 Å². The molecule has 2 aromatic heterocycles. The zero-order chi connectivity index (χ0) is 14.8. The number of aryl methyl sites for hydroxylation is 2. The van der Waals surface area contributed by atoms with Gasteiger partial charge in [-0.2, -0.15) is 5.10 Å². The van der Waals surface area contributed by atoms with Crippen LogP contribution in [0.2, 0.25) is 0 Å². The van der Waals surface area contributed by atoms with E-state index in [0.29, 0.717) is 6.54 Å². The van der Waals surface area contributed by atoms with Crippen molar-refractivity contribution in [1.29, 1.82) is 0 Å². The fourth-order valence-electron chi connectivity index (χ4n) is 2.57. The number of aromatic nitrogens is 3. The first kappa shape index (κ1) is 13.4. The Morgan fingerprint density at radius 2 is 2.05 bits per heavy atom. The molecule has 3 aromatic rings. The third-order valence-electron chi connectivity index (χ3n) is 3.57. The number of para-hydroxylation sites is 1. The maximum Gasteiger partial charge on any atom is 0.216 e. The molecule has 0 saturated heterocycles. The van der Waals surface area contributed by atoms with Crippen molar-refractivity contribution < 1.29 is 4.74 Å². The number of nitrogens with zero attached hydrogens (tertiary/aromatic N) is 3. The van der Waals surface area contributed by atoms with Crippen molar-refractivity contribution in [1.82, 2.24) is 14.8 Å². The summed E-state index contributed by atoms with van der Waals surface area (Å²) in [6.45, 7) is 2.64. The Hall–Kier alpha value is -2.56. The van der Waals surface area contributed by atoms with Gasteiger partial charge in [-0.25, -0.2) is 4.68 Å². The van der Waals surface area contributed by atoms with Crippen molar-refractivity contribution in [2.24, 2.45) is 7.05 Å². The van der Waals surface area contributed by atoms with Crippen molar-refractivity contribution in [2.45, 2.75) is 13.5 Å². The highest BCUT2D eigenvalue weighted by Crippen LogP contribution is 2.25. The molecule has 0 fully saturated rings. The molecule has 21 heavy (non-hydrogen) atoms.